The largest absolute Gasteiger partial charge is 0.264 e. The number of pyridine rings is 1. The van der Waals surface area contributed by atoms with Gasteiger partial charge in [-0.15, -0.1) is 0 Å². The van der Waals surface area contributed by atoms with E-state index in [4.69, 9.17) is 15.0 Å². The molecule has 0 fully saturated rings. The van der Waals surface area contributed by atoms with Gasteiger partial charge in [-0.2, -0.15) is 0 Å². The molecule has 0 bridgehead atoms. The summed E-state index contributed by atoms with van der Waals surface area (Å²) in [4.78, 5) is 22.5. The van der Waals surface area contributed by atoms with Crippen molar-refractivity contribution >= 4 is 22.5 Å². The third-order valence-corrected chi connectivity index (χ3v) is 13.3. The van der Waals surface area contributed by atoms with Crippen molar-refractivity contribution in [2.75, 3.05) is 0 Å². The molecular weight excluding hydrogens is 749 g/mol. The summed E-state index contributed by atoms with van der Waals surface area (Å²) in [5, 5.41) is 2.49. The van der Waals surface area contributed by atoms with Crippen molar-refractivity contribution in [2.24, 2.45) is 0 Å². The van der Waals surface area contributed by atoms with E-state index in [0.29, 0.717) is 17.5 Å². The van der Waals surface area contributed by atoms with Gasteiger partial charge in [0.05, 0.1) is 5.41 Å². The van der Waals surface area contributed by atoms with Gasteiger partial charge in [0.1, 0.15) is 0 Å². The lowest BCUT2D eigenvalue weighted by Crippen LogP contribution is -2.34. The fourth-order valence-electron chi connectivity index (χ4n) is 9.42. The second kappa shape index (κ2) is 13.8. The zero-order valence-electron chi connectivity index (χ0n) is 32.3. The van der Waals surface area contributed by atoms with Gasteiger partial charge < -0.3 is 0 Å². The van der Waals surface area contributed by atoms with Crippen LogP contribution in [0.15, 0.2) is 216 Å². The van der Waals surface area contributed by atoms with Crippen molar-refractivity contribution in [3.8, 4) is 67.5 Å². The average molecular weight is 783 g/mol. The van der Waals surface area contributed by atoms with Crippen LogP contribution in [0.2, 0.25) is 0 Å². The summed E-state index contributed by atoms with van der Waals surface area (Å²) in [5.74, 6) is 1.87. The Morgan fingerprint density at radius 2 is 0.950 bits per heavy atom. The molecule has 2 aromatic heterocycles. The Bertz CT molecular complexity index is 3290. The topological polar surface area (TPSA) is 51.6 Å². The summed E-state index contributed by atoms with van der Waals surface area (Å²) >= 11 is 1.88. The predicted octanol–water partition coefficient (Wildman–Crippen LogP) is 13.6. The van der Waals surface area contributed by atoms with Crippen molar-refractivity contribution in [3.63, 3.8) is 0 Å². The van der Waals surface area contributed by atoms with Crippen LogP contribution in [0.5, 0.6) is 0 Å². The minimum atomic E-state index is -0.678. The van der Waals surface area contributed by atoms with Crippen LogP contribution in [-0.2, 0) is 5.41 Å². The molecule has 0 N–H and O–H groups in total. The highest BCUT2D eigenvalue weighted by Gasteiger charge is 2.48. The number of nitrogens with zero attached hydrogens (tertiary/aromatic N) is 4. The van der Waals surface area contributed by atoms with Gasteiger partial charge in [0.2, 0.25) is 0 Å². The number of benzene rings is 8. The summed E-state index contributed by atoms with van der Waals surface area (Å²) in [5.41, 5.74) is 14.1. The lowest BCUT2D eigenvalue weighted by Gasteiger charge is -2.43. The van der Waals surface area contributed by atoms with Gasteiger partial charge in [-0.05, 0) is 84.6 Å². The highest BCUT2D eigenvalue weighted by Crippen LogP contribution is 2.62. The van der Waals surface area contributed by atoms with Gasteiger partial charge in [0, 0.05) is 38.9 Å². The van der Waals surface area contributed by atoms with Crippen LogP contribution in [0, 0.1) is 0 Å². The average Bonchev–Trinajstić information content (AvgIpc) is 3.43. The van der Waals surface area contributed by atoms with Gasteiger partial charge in [-0.1, -0.05) is 188 Å². The molecule has 280 valence electrons. The maximum Gasteiger partial charge on any atom is 0.164 e. The van der Waals surface area contributed by atoms with Gasteiger partial charge in [-0.25, -0.2) is 15.0 Å². The quantitative estimate of drug-likeness (QED) is 0.178. The molecule has 0 saturated heterocycles. The Morgan fingerprint density at radius 3 is 1.72 bits per heavy atom. The van der Waals surface area contributed by atoms with E-state index >= 15 is 0 Å². The predicted molar refractivity (Wildman–Crippen MR) is 244 cm³/mol. The molecule has 10 aromatic rings. The Hall–Kier alpha value is -7.47. The van der Waals surface area contributed by atoms with E-state index in [0.717, 1.165) is 27.8 Å². The molecule has 1 atom stereocenters. The lowest BCUT2D eigenvalue weighted by molar-refractivity contribution is 0.711. The molecule has 3 heterocycles. The molecule has 12 rings (SSSR count). The fraction of sp³-hybridized carbons (Fsp3) is 0.0182. The second-order valence-electron chi connectivity index (χ2n) is 15.4. The minimum Gasteiger partial charge on any atom is -0.264 e. The highest BCUT2D eigenvalue weighted by molar-refractivity contribution is 7.99. The summed E-state index contributed by atoms with van der Waals surface area (Å²) in [6, 6.07) is 69.9. The van der Waals surface area contributed by atoms with Crippen molar-refractivity contribution in [2.45, 2.75) is 15.2 Å². The van der Waals surface area contributed by atoms with Crippen molar-refractivity contribution in [1.82, 2.24) is 19.9 Å². The number of rotatable bonds is 4. The van der Waals surface area contributed by atoms with E-state index in [2.05, 4.69) is 175 Å². The first-order chi connectivity index (χ1) is 29.7. The smallest absolute Gasteiger partial charge is 0.164 e. The number of hydrogen-bond donors (Lipinski definition) is 0. The van der Waals surface area contributed by atoms with E-state index in [1.807, 2.05) is 42.2 Å². The molecule has 2 aliphatic rings. The monoisotopic (exact) mass is 782 g/mol. The summed E-state index contributed by atoms with van der Waals surface area (Å²) in [6.07, 6.45) is 3.68. The molecule has 5 heteroatoms. The maximum atomic E-state index is 5.29. The maximum absolute atomic E-state index is 5.29. The van der Waals surface area contributed by atoms with Crippen LogP contribution in [0.1, 0.15) is 22.3 Å². The highest BCUT2D eigenvalue weighted by atomic mass is 32.2. The molecule has 0 radical (unpaired) electrons. The lowest BCUT2D eigenvalue weighted by atomic mass is 9.62. The molecule has 1 spiro atoms. The number of aromatic nitrogens is 4. The molecule has 0 saturated carbocycles. The molecule has 1 aliphatic carbocycles. The number of fused-ring (bicyclic) bond motifs is 13. The van der Waals surface area contributed by atoms with Crippen LogP contribution in [0.4, 0.5) is 0 Å². The summed E-state index contributed by atoms with van der Waals surface area (Å²) < 4.78 is 0. The molecule has 0 amide bonds. The molecule has 1 unspecified atom stereocenters. The third-order valence-electron chi connectivity index (χ3n) is 12.1. The van der Waals surface area contributed by atoms with E-state index in [9.17, 15) is 0 Å². The van der Waals surface area contributed by atoms with Crippen LogP contribution in [0.25, 0.3) is 78.3 Å². The van der Waals surface area contributed by atoms with Crippen LogP contribution in [-0.4, -0.2) is 19.9 Å². The third kappa shape index (κ3) is 5.33. The Morgan fingerprint density at radius 1 is 0.367 bits per heavy atom. The zero-order chi connectivity index (χ0) is 39.6. The van der Waals surface area contributed by atoms with Crippen molar-refractivity contribution in [1.29, 1.82) is 0 Å². The Balaban J connectivity index is 1.15. The fourth-order valence-corrected chi connectivity index (χ4v) is 10.7. The molecule has 1 aliphatic heterocycles. The first kappa shape index (κ1) is 34.6. The van der Waals surface area contributed by atoms with Crippen molar-refractivity contribution < 1.29 is 0 Å². The Labute approximate surface area is 352 Å². The molecule has 60 heavy (non-hydrogen) atoms. The molecule has 4 nitrogen and oxygen atoms in total. The summed E-state index contributed by atoms with van der Waals surface area (Å²) in [7, 11) is 0. The zero-order valence-corrected chi connectivity index (χ0v) is 33.1. The van der Waals surface area contributed by atoms with Crippen LogP contribution < -0.4 is 0 Å². The summed E-state index contributed by atoms with van der Waals surface area (Å²) in [6.45, 7) is 0. The SMILES string of the molecule is c1ccc(-c2nc(-c3ccc(-c4cccnc4)cc3)nc(-c3ccc4c(c3)C3(c5ccccc5Sc5c3ccc3ccccc53)c3ccccc3-c3ccccc3-4)n2)cc1. The van der Waals surface area contributed by atoms with E-state index in [-0.39, 0.29) is 0 Å². The standard InChI is InChI=1S/C55H34N4S/c1-2-14-37(15-3-1)52-57-53(38-26-24-35(25-27-38)40-16-12-32-56-34-40)59-54(58-52)39-28-30-45-43-19-7-6-18-42(43)44-20-8-9-21-46(44)55(49(45)33-39)47-22-10-11-23-50(47)60-51-41-17-5-4-13-36(41)29-31-48(51)55/h1-34H. The van der Waals surface area contributed by atoms with Gasteiger partial charge in [-0.3, -0.25) is 4.98 Å². The first-order valence-electron chi connectivity index (χ1n) is 20.2. The first-order valence-corrected chi connectivity index (χ1v) is 21.0. The van der Waals surface area contributed by atoms with Gasteiger partial charge >= 0.3 is 0 Å². The normalized spacial score (nSPS) is 14.7. The van der Waals surface area contributed by atoms with Gasteiger partial charge in [0.25, 0.3) is 0 Å². The van der Waals surface area contributed by atoms with Gasteiger partial charge in [0.15, 0.2) is 17.5 Å². The van der Waals surface area contributed by atoms with Crippen LogP contribution in [0.3, 0.4) is 0 Å². The Kier molecular flexibility index (Phi) is 7.97. The number of hydrogen-bond acceptors (Lipinski definition) is 5. The van der Waals surface area contributed by atoms with E-state index in [1.54, 1.807) is 6.20 Å². The second-order valence-corrected chi connectivity index (χ2v) is 16.4. The van der Waals surface area contributed by atoms with Crippen molar-refractivity contribution in [3.05, 3.63) is 229 Å². The molecular formula is C55H34N4S. The van der Waals surface area contributed by atoms with E-state index in [1.165, 1.54) is 65.1 Å². The minimum absolute atomic E-state index is 0.619. The van der Waals surface area contributed by atoms with E-state index < -0.39 is 5.41 Å². The molecule has 8 aromatic carbocycles. The van der Waals surface area contributed by atoms with Crippen LogP contribution >= 0.6 is 11.8 Å².